The molecule has 0 aliphatic carbocycles. The number of primary amides is 2. The molecule has 5 amide bonds. The van der Waals surface area contributed by atoms with Gasteiger partial charge in [-0.1, -0.05) is 20.3 Å². The van der Waals surface area contributed by atoms with Gasteiger partial charge in [-0.05, 0) is 12.3 Å². The molecule has 0 rings (SSSR count). The van der Waals surface area contributed by atoms with Gasteiger partial charge in [-0.2, -0.15) is 0 Å². The van der Waals surface area contributed by atoms with E-state index in [1.54, 1.807) is 13.8 Å². The zero-order chi connectivity index (χ0) is 23.4. The van der Waals surface area contributed by atoms with Crippen molar-refractivity contribution >= 4 is 35.5 Å². The van der Waals surface area contributed by atoms with Crippen LogP contribution in [0.1, 0.15) is 39.5 Å². The fraction of sp³-hybridized carbons (Fsp3) is 0.647. The Labute approximate surface area is 173 Å². The van der Waals surface area contributed by atoms with Crippen molar-refractivity contribution < 1.29 is 33.9 Å². The number of carbonyl (C=O) groups excluding carboxylic acids is 5. The number of carbonyl (C=O) groups is 6. The summed E-state index contributed by atoms with van der Waals surface area (Å²) < 4.78 is 0. The summed E-state index contributed by atoms with van der Waals surface area (Å²) in [6, 6.07) is -3.98. The molecular formula is C17H30N6O7. The minimum atomic E-state index is -1.62. The van der Waals surface area contributed by atoms with Gasteiger partial charge >= 0.3 is 5.97 Å². The monoisotopic (exact) mass is 430 g/mol. The number of nitrogens with one attached hydrogen (secondary N) is 3. The second-order valence-corrected chi connectivity index (χ2v) is 6.77. The van der Waals surface area contributed by atoms with Gasteiger partial charge in [-0.25, -0.2) is 4.79 Å². The predicted octanol–water partition coefficient (Wildman–Crippen LogP) is -3.33. The topological polar surface area (TPSA) is 237 Å². The van der Waals surface area contributed by atoms with Crippen molar-refractivity contribution in [3.63, 3.8) is 0 Å². The summed E-state index contributed by atoms with van der Waals surface area (Å²) >= 11 is 0. The molecule has 0 saturated carbocycles. The Bertz CT molecular complexity index is 669. The number of nitrogens with two attached hydrogens (primary N) is 3. The molecule has 0 saturated heterocycles. The van der Waals surface area contributed by atoms with E-state index in [2.05, 4.69) is 16.0 Å². The molecular weight excluding hydrogens is 400 g/mol. The van der Waals surface area contributed by atoms with Crippen LogP contribution in [0.15, 0.2) is 0 Å². The normalized spacial score (nSPS) is 14.5. The zero-order valence-electron chi connectivity index (χ0n) is 17.0. The van der Waals surface area contributed by atoms with E-state index in [1.807, 2.05) is 0 Å². The Morgan fingerprint density at radius 1 is 0.900 bits per heavy atom. The van der Waals surface area contributed by atoms with Crippen LogP contribution in [0, 0.1) is 5.92 Å². The van der Waals surface area contributed by atoms with E-state index < -0.39 is 60.1 Å². The molecule has 4 atom stereocenters. The van der Waals surface area contributed by atoms with Gasteiger partial charge in [0.1, 0.15) is 18.1 Å². The maximum absolute atomic E-state index is 12.7. The maximum Gasteiger partial charge on any atom is 0.326 e. The van der Waals surface area contributed by atoms with Gasteiger partial charge in [0, 0.05) is 6.42 Å². The molecule has 0 heterocycles. The van der Waals surface area contributed by atoms with Crippen LogP contribution in [-0.2, 0) is 28.8 Å². The van der Waals surface area contributed by atoms with Crippen LogP contribution >= 0.6 is 0 Å². The first-order valence-electron chi connectivity index (χ1n) is 9.32. The fourth-order valence-corrected chi connectivity index (χ4v) is 2.42. The van der Waals surface area contributed by atoms with E-state index >= 15 is 0 Å². The van der Waals surface area contributed by atoms with Crippen molar-refractivity contribution in [2.75, 3.05) is 6.54 Å². The summed E-state index contributed by atoms with van der Waals surface area (Å²) in [6.07, 6.45) is -0.663. The van der Waals surface area contributed by atoms with Gasteiger partial charge in [-0.15, -0.1) is 0 Å². The van der Waals surface area contributed by atoms with Crippen LogP contribution in [0.4, 0.5) is 0 Å². The summed E-state index contributed by atoms with van der Waals surface area (Å²) in [7, 11) is 0. The minimum absolute atomic E-state index is 0.228. The van der Waals surface area contributed by atoms with Crippen LogP contribution < -0.4 is 33.2 Å². The van der Waals surface area contributed by atoms with Crippen LogP contribution in [0.5, 0.6) is 0 Å². The van der Waals surface area contributed by atoms with Crippen molar-refractivity contribution in [2.45, 2.75) is 57.7 Å². The van der Waals surface area contributed by atoms with E-state index in [9.17, 15) is 28.8 Å². The van der Waals surface area contributed by atoms with E-state index in [0.717, 1.165) is 0 Å². The maximum atomic E-state index is 12.7. The Morgan fingerprint density at radius 2 is 1.47 bits per heavy atom. The van der Waals surface area contributed by atoms with E-state index in [0.29, 0.717) is 6.42 Å². The third-order valence-electron chi connectivity index (χ3n) is 4.33. The van der Waals surface area contributed by atoms with Gasteiger partial charge in [0.2, 0.25) is 29.5 Å². The zero-order valence-corrected chi connectivity index (χ0v) is 17.0. The molecule has 13 heteroatoms. The van der Waals surface area contributed by atoms with Crippen LogP contribution in [0.3, 0.4) is 0 Å². The largest absolute Gasteiger partial charge is 0.480 e. The first-order valence-corrected chi connectivity index (χ1v) is 9.32. The van der Waals surface area contributed by atoms with Crippen molar-refractivity contribution in [2.24, 2.45) is 23.1 Å². The van der Waals surface area contributed by atoms with Gasteiger partial charge in [0.25, 0.3) is 0 Å². The molecule has 0 bridgehead atoms. The lowest BCUT2D eigenvalue weighted by molar-refractivity contribution is -0.144. The van der Waals surface area contributed by atoms with Crippen molar-refractivity contribution in [3.8, 4) is 0 Å². The Morgan fingerprint density at radius 3 is 1.90 bits per heavy atom. The number of carboxylic acids is 1. The van der Waals surface area contributed by atoms with E-state index in [-0.39, 0.29) is 25.3 Å². The Balaban J connectivity index is 5.51. The third-order valence-corrected chi connectivity index (χ3v) is 4.33. The van der Waals surface area contributed by atoms with Crippen molar-refractivity contribution in [3.05, 3.63) is 0 Å². The Kier molecular flexibility index (Phi) is 11.7. The molecule has 0 radical (unpaired) electrons. The molecule has 170 valence electrons. The number of carboxylic acid groups (broad SMARTS) is 1. The number of amides is 5. The van der Waals surface area contributed by atoms with Gasteiger partial charge in [0.05, 0.1) is 13.0 Å². The van der Waals surface area contributed by atoms with Gasteiger partial charge < -0.3 is 38.3 Å². The molecule has 13 nitrogen and oxygen atoms in total. The summed E-state index contributed by atoms with van der Waals surface area (Å²) in [5, 5.41) is 16.1. The number of aliphatic carboxylic acids is 1. The van der Waals surface area contributed by atoms with Gasteiger partial charge in [0.15, 0.2) is 0 Å². The highest BCUT2D eigenvalue weighted by Crippen LogP contribution is 2.09. The molecule has 0 aliphatic heterocycles. The summed E-state index contributed by atoms with van der Waals surface area (Å²) in [5.41, 5.74) is 15.3. The second-order valence-electron chi connectivity index (χ2n) is 6.77. The van der Waals surface area contributed by atoms with Crippen LogP contribution in [0.2, 0.25) is 0 Å². The molecule has 0 spiro atoms. The molecule has 0 aromatic rings. The number of hydrogen-bond donors (Lipinski definition) is 7. The quantitative estimate of drug-likeness (QED) is 0.147. The lowest BCUT2D eigenvalue weighted by Crippen LogP contribution is -2.58. The first-order chi connectivity index (χ1) is 13.9. The smallest absolute Gasteiger partial charge is 0.326 e. The predicted molar refractivity (Wildman–Crippen MR) is 104 cm³/mol. The standard InChI is InChI=1S/C17H30N6O7/c1-3-8(2)14(23-13(26)7-18)16(28)21-9(4-5-11(19)24)15(27)22-10(17(29)30)6-12(20)25/h8-10,14H,3-7,18H2,1-2H3,(H2,19,24)(H2,20,25)(H,21,28)(H,22,27)(H,23,26)(H,29,30). The van der Waals surface area contributed by atoms with Crippen LogP contribution in [0.25, 0.3) is 0 Å². The molecule has 0 aromatic carbocycles. The molecule has 0 aliphatic rings. The highest BCUT2D eigenvalue weighted by atomic mass is 16.4. The Hall–Kier alpha value is -3.22. The SMILES string of the molecule is CCC(C)C(NC(=O)CN)C(=O)NC(CCC(N)=O)C(=O)NC(CC(N)=O)C(=O)O. The van der Waals surface area contributed by atoms with Crippen molar-refractivity contribution in [1.29, 1.82) is 0 Å². The highest BCUT2D eigenvalue weighted by Gasteiger charge is 2.31. The van der Waals surface area contributed by atoms with Crippen molar-refractivity contribution in [1.82, 2.24) is 16.0 Å². The summed E-state index contributed by atoms with van der Waals surface area (Å²) in [4.78, 5) is 70.2. The number of hydrogen-bond acceptors (Lipinski definition) is 7. The summed E-state index contributed by atoms with van der Waals surface area (Å²) in [5.74, 6) is -5.78. The van der Waals surface area contributed by atoms with E-state index in [1.165, 1.54) is 0 Å². The van der Waals surface area contributed by atoms with E-state index in [4.69, 9.17) is 22.3 Å². The number of rotatable bonds is 14. The average molecular weight is 430 g/mol. The fourth-order valence-electron chi connectivity index (χ4n) is 2.42. The third kappa shape index (κ3) is 9.82. The molecule has 10 N–H and O–H groups in total. The molecule has 0 aromatic heterocycles. The summed E-state index contributed by atoms with van der Waals surface area (Å²) in [6.45, 7) is 3.14. The average Bonchev–Trinajstić information content (AvgIpc) is 2.66. The molecule has 0 fully saturated rings. The highest BCUT2D eigenvalue weighted by molar-refractivity contribution is 5.94. The lowest BCUT2D eigenvalue weighted by atomic mass is 9.97. The lowest BCUT2D eigenvalue weighted by Gasteiger charge is -2.26. The second kappa shape index (κ2) is 13.1. The van der Waals surface area contributed by atoms with Crippen LogP contribution in [-0.4, -0.2) is 65.3 Å². The minimum Gasteiger partial charge on any atom is -0.480 e. The first kappa shape index (κ1) is 26.8. The van der Waals surface area contributed by atoms with Gasteiger partial charge in [-0.3, -0.25) is 24.0 Å². The molecule has 30 heavy (non-hydrogen) atoms. The molecule has 4 unspecified atom stereocenters.